The van der Waals surface area contributed by atoms with E-state index < -0.39 is 0 Å². The molecule has 2 nitrogen and oxygen atoms in total. The molecule has 0 saturated heterocycles. The number of hydrogen-bond acceptors (Lipinski definition) is 2. The summed E-state index contributed by atoms with van der Waals surface area (Å²) in [7, 11) is 0. The van der Waals surface area contributed by atoms with E-state index in [9.17, 15) is 0 Å². The van der Waals surface area contributed by atoms with E-state index in [1.807, 2.05) is 0 Å². The van der Waals surface area contributed by atoms with Crippen LogP contribution in [0.15, 0.2) is 77.4 Å². The zero-order valence-corrected chi connectivity index (χ0v) is 19.8. The maximum Gasteiger partial charge on any atom is 0.252 e. The summed E-state index contributed by atoms with van der Waals surface area (Å²) in [5.74, 6) is 2.01. The number of anilines is 2. The molecule has 2 aliphatic heterocycles. The van der Waals surface area contributed by atoms with Crippen molar-refractivity contribution in [2.24, 2.45) is 5.41 Å². The minimum Gasteiger partial charge on any atom is -0.458 e. The lowest BCUT2D eigenvalue weighted by molar-refractivity contribution is 0.486. The Bertz CT molecular complexity index is 1420. The fourth-order valence-corrected chi connectivity index (χ4v) is 6.03. The van der Waals surface area contributed by atoms with Gasteiger partial charge in [-0.25, -0.2) is 0 Å². The number of nitrogens with zero attached hydrogens (tertiary/aromatic N) is 1. The van der Waals surface area contributed by atoms with Gasteiger partial charge in [0.2, 0.25) is 0 Å². The minimum atomic E-state index is 0.138. The van der Waals surface area contributed by atoms with Crippen LogP contribution in [-0.4, -0.2) is 6.71 Å². The zero-order valence-electron chi connectivity index (χ0n) is 19.8. The SMILES string of the molecule is Cc1cc2c3c(c1)N(c1ccc4c(c1)CC4)C1=C(CC(C(C)(C)C)=C1)B3c1ccccc1O2. The van der Waals surface area contributed by atoms with Gasteiger partial charge in [-0.05, 0) is 95.6 Å². The van der Waals surface area contributed by atoms with Crippen molar-refractivity contribution in [3.05, 3.63) is 94.1 Å². The topological polar surface area (TPSA) is 12.5 Å². The minimum absolute atomic E-state index is 0.138. The highest BCUT2D eigenvalue weighted by atomic mass is 16.5. The Morgan fingerprint density at radius 2 is 1.73 bits per heavy atom. The molecule has 3 aromatic rings. The van der Waals surface area contributed by atoms with Crippen molar-refractivity contribution in [1.82, 2.24) is 0 Å². The second-order valence-electron chi connectivity index (χ2n) is 11.1. The van der Waals surface area contributed by atoms with E-state index in [-0.39, 0.29) is 12.1 Å². The molecule has 162 valence electrons. The third-order valence-electron chi connectivity index (χ3n) is 7.93. The summed E-state index contributed by atoms with van der Waals surface area (Å²) >= 11 is 0. The molecular formula is C30H28BNO. The molecule has 3 heteroatoms. The fraction of sp³-hybridized carbons (Fsp3) is 0.267. The Labute approximate surface area is 196 Å². The zero-order chi connectivity index (χ0) is 22.5. The molecule has 4 aliphatic rings. The standard InChI is InChI=1S/C30H28BNO/c1-18-13-26-29-28(14-18)33-27-8-6-5-7-23(27)31(29)24-16-21(30(2,3)4)17-25(24)32(26)22-12-11-19-9-10-20(19)15-22/h5-8,11-15,17H,9-10,16H2,1-4H3. The summed E-state index contributed by atoms with van der Waals surface area (Å²) in [4.78, 5) is 2.52. The smallest absolute Gasteiger partial charge is 0.252 e. The molecular weight excluding hydrogens is 401 g/mol. The van der Waals surface area contributed by atoms with Crippen molar-refractivity contribution in [2.45, 2.75) is 47.0 Å². The average molecular weight is 429 g/mol. The van der Waals surface area contributed by atoms with Crippen LogP contribution < -0.4 is 20.6 Å². The largest absolute Gasteiger partial charge is 0.458 e. The van der Waals surface area contributed by atoms with Crippen molar-refractivity contribution in [1.29, 1.82) is 0 Å². The fourth-order valence-electron chi connectivity index (χ4n) is 6.03. The molecule has 33 heavy (non-hydrogen) atoms. The molecule has 0 fully saturated rings. The van der Waals surface area contributed by atoms with Gasteiger partial charge in [0.05, 0.1) is 0 Å². The van der Waals surface area contributed by atoms with Crippen LogP contribution in [0.2, 0.25) is 0 Å². The molecule has 0 amide bonds. The van der Waals surface area contributed by atoms with Gasteiger partial charge >= 0.3 is 0 Å². The second-order valence-corrected chi connectivity index (χ2v) is 11.1. The number of rotatable bonds is 1. The van der Waals surface area contributed by atoms with Gasteiger partial charge in [-0.2, -0.15) is 0 Å². The predicted molar refractivity (Wildman–Crippen MR) is 138 cm³/mol. The Balaban J connectivity index is 1.52. The van der Waals surface area contributed by atoms with Crippen molar-refractivity contribution in [3.8, 4) is 11.5 Å². The summed E-state index contributed by atoms with van der Waals surface area (Å²) in [6, 6.07) is 20.3. The van der Waals surface area contributed by atoms with Crippen molar-refractivity contribution in [3.63, 3.8) is 0 Å². The van der Waals surface area contributed by atoms with Crippen LogP contribution in [-0.2, 0) is 12.8 Å². The number of aryl methyl sites for hydroxylation is 3. The molecule has 0 aromatic heterocycles. The van der Waals surface area contributed by atoms with Crippen LogP contribution >= 0.6 is 0 Å². The van der Waals surface area contributed by atoms with Gasteiger partial charge in [0.25, 0.3) is 6.71 Å². The Morgan fingerprint density at radius 1 is 0.909 bits per heavy atom. The van der Waals surface area contributed by atoms with Gasteiger partial charge in [-0.3, -0.25) is 0 Å². The number of hydrogen-bond donors (Lipinski definition) is 0. The number of fused-ring (bicyclic) bond motifs is 4. The molecule has 0 bridgehead atoms. The lowest BCUT2D eigenvalue weighted by Gasteiger charge is -2.40. The van der Waals surface area contributed by atoms with E-state index in [1.165, 1.54) is 68.6 Å². The summed E-state index contributed by atoms with van der Waals surface area (Å²) in [6.07, 6.45) is 5.91. The van der Waals surface area contributed by atoms with Crippen LogP contribution in [0.5, 0.6) is 11.5 Å². The molecule has 0 unspecified atom stereocenters. The highest BCUT2D eigenvalue weighted by Gasteiger charge is 2.45. The van der Waals surface area contributed by atoms with E-state index >= 15 is 0 Å². The Hall–Kier alpha value is -3.20. The van der Waals surface area contributed by atoms with E-state index in [4.69, 9.17) is 4.74 Å². The first kappa shape index (κ1) is 19.3. The first-order valence-corrected chi connectivity index (χ1v) is 12.2. The van der Waals surface area contributed by atoms with Gasteiger partial charge in [-0.15, -0.1) is 0 Å². The summed E-state index contributed by atoms with van der Waals surface area (Å²) in [5, 5.41) is 0. The maximum absolute atomic E-state index is 6.52. The number of para-hydroxylation sites is 1. The number of allylic oxidation sites excluding steroid dienone is 3. The molecule has 3 aromatic carbocycles. The van der Waals surface area contributed by atoms with Crippen LogP contribution in [0.3, 0.4) is 0 Å². The number of benzene rings is 3. The molecule has 7 rings (SSSR count). The van der Waals surface area contributed by atoms with E-state index in [1.54, 1.807) is 0 Å². The molecule has 0 atom stereocenters. The lowest BCUT2D eigenvalue weighted by Crippen LogP contribution is -2.53. The van der Waals surface area contributed by atoms with Crippen LogP contribution in [0.4, 0.5) is 11.4 Å². The summed E-state index contributed by atoms with van der Waals surface area (Å²) < 4.78 is 6.52. The lowest BCUT2D eigenvalue weighted by atomic mass is 9.33. The molecule has 0 N–H and O–H groups in total. The summed E-state index contributed by atoms with van der Waals surface area (Å²) in [6.45, 7) is 9.45. The highest BCUT2D eigenvalue weighted by molar-refractivity contribution is 6.94. The van der Waals surface area contributed by atoms with Crippen molar-refractivity contribution in [2.75, 3.05) is 4.90 Å². The monoisotopic (exact) mass is 429 g/mol. The highest BCUT2D eigenvalue weighted by Crippen LogP contribution is 2.48. The van der Waals surface area contributed by atoms with Crippen molar-refractivity contribution < 1.29 is 4.74 Å². The molecule has 2 heterocycles. The van der Waals surface area contributed by atoms with Gasteiger partial charge < -0.3 is 9.64 Å². The van der Waals surface area contributed by atoms with Crippen LogP contribution in [0.25, 0.3) is 0 Å². The number of ether oxygens (including phenoxy) is 1. The van der Waals surface area contributed by atoms with Gasteiger partial charge in [0, 0.05) is 17.1 Å². The normalized spacial score (nSPS) is 17.5. The quantitative estimate of drug-likeness (QED) is 0.432. The molecule has 0 spiro atoms. The molecule has 0 saturated carbocycles. The molecule has 2 aliphatic carbocycles. The van der Waals surface area contributed by atoms with Gasteiger partial charge in [0.15, 0.2) is 0 Å². The summed E-state index contributed by atoms with van der Waals surface area (Å²) in [5.41, 5.74) is 13.9. The Morgan fingerprint density at radius 3 is 2.48 bits per heavy atom. The van der Waals surface area contributed by atoms with Gasteiger partial charge in [-0.1, -0.05) is 56.1 Å². The van der Waals surface area contributed by atoms with Crippen molar-refractivity contribution >= 4 is 29.0 Å². The third kappa shape index (κ3) is 2.68. The average Bonchev–Trinajstić information content (AvgIpc) is 3.20. The maximum atomic E-state index is 6.52. The Kier molecular flexibility index (Phi) is 3.76. The first-order valence-electron chi connectivity index (χ1n) is 12.2. The van der Waals surface area contributed by atoms with Gasteiger partial charge in [0.1, 0.15) is 11.5 Å². The second kappa shape index (κ2) is 6.44. The first-order chi connectivity index (χ1) is 15.9. The van der Waals surface area contributed by atoms with E-state index in [0.29, 0.717) is 0 Å². The third-order valence-corrected chi connectivity index (χ3v) is 7.93. The van der Waals surface area contributed by atoms with Crippen LogP contribution in [0.1, 0.15) is 43.9 Å². The van der Waals surface area contributed by atoms with E-state index in [2.05, 4.69) is 93.3 Å². The predicted octanol–water partition coefficient (Wildman–Crippen LogP) is 6.13. The van der Waals surface area contributed by atoms with E-state index in [0.717, 1.165) is 17.9 Å². The van der Waals surface area contributed by atoms with Crippen LogP contribution in [0, 0.1) is 12.3 Å². The molecule has 0 radical (unpaired) electrons.